The van der Waals surface area contributed by atoms with Gasteiger partial charge in [-0.2, -0.15) is 4.31 Å². The first kappa shape index (κ1) is 16.2. The van der Waals surface area contributed by atoms with Crippen molar-refractivity contribution >= 4 is 21.4 Å². The number of rotatable bonds is 7. The van der Waals surface area contributed by atoms with Gasteiger partial charge < -0.3 is 9.73 Å². The van der Waals surface area contributed by atoms with Crippen LogP contribution >= 0.6 is 11.3 Å². The molecule has 0 radical (unpaired) electrons. The zero-order valence-electron chi connectivity index (χ0n) is 12.4. The maximum absolute atomic E-state index is 12.5. The molecule has 1 N–H and O–H groups in total. The monoisotopic (exact) mass is 328 g/mol. The first-order chi connectivity index (χ1) is 9.93. The topological polar surface area (TPSA) is 62.6 Å². The number of furan rings is 1. The van der Waals surface area contributed by atoms with Gasteiger partial charge in [-0.15, -0.1) is 11.3 Å². The Bertz CT molecular complexity index is 689. The Morgan fingerprint density at radius 1 is 1.29 bits per heavy atom. The maximum Gasteiger partial charge on any atom is 0.252 e. The standard InChI is InChI=1S/C14H20N2O3S2/c1-4-15-9-13-7-8-14(20-13)21(17,18)16(3)10-12-6-5-11(2)19-12/h5-8,15H,4,9-10H2,1-3H3. The van der Waals surface area contributed by atoms with Crippen molar-refractivity contribution in [2.45, 2.75) is 31.1 Å². The van der Waals surface area contributed by atoms with Gasteiger partial charge in [-0.25, -0.2) is 8.42 Å². The maximum atomic E-state index is 12.5. The predicted octanol–water partition coefficient (Wildman–Crippen LogP) is 2.58. The van der Waals surface area contributed by atoms with Crippen LogP contribution in [0.25, 0.3) is 0 Å². The highest BCUT2D eigenvalue weighted by molar-refractivity contribution is 7.91. The third-order valence-electron chi connectivity index (χ3n) is 3.03. The molecule has 7 heteroatoms. The zero-order valence-corrected chi connectivity index (χ0v) is 14.1. The Hall–Kier alpha value is -1.15. The summed E-state index contributed by atoms with van der Waals surface area (Å²) in [5.74, 6) is 1.42. The van der Waals surface area contributed by atoms with E-state index in [9.17, 15) is 8.42 Å². The van der Waals surface area contributed by atoms with Crippen molar-refractivity contribution in [3.63, 3.8) is 0 Å². The zero-order chi connectivity index (χ0) is 15.5. The summed E-state index contributed by atoms with van der Waals surface area (Å²) in [7, 11) is -1.90. The van der Waals surface area contributed by atoms with Crippen LogP contribution in [-0.2, 0) is 23.1 Å². The fraction of sp³-hybridized carbons (Fsp3) is 0.429. The molecular formula is C14H20N2O3S2. The molecule has 0 spiro atoms. The van der Waals surface area contributed by atoms with Gasteiger partial charge in [0.25, 0.3) is 10.0 Å². The molecule has 2 aromatic heterocycles. The van der Waals surface area contributed by atoms with E-state index in [0.717, 1.165) is 17.2 Å². The fourth-order valence-corrected chi connectivity index (χ4v) is 4.54. The smallest absolute Gasteiger partial charge is 0.252 e. The molecule has 2 rings (SSSR count). The van der Waals surface area contributed by atoms with Crippen LogP contribution < -0.4 is 5.32 Å². The molecule has 0 fully saturated rings. The first-order valence-electron chi connectivity index (χ1n) is 6.74. The average molecular weight is 328 g/mol. The van der Waals surface area contributed by atoms with Crippen molar-refractivity contribution in [3.8, 4) is 0 Å². The minimum Gasteiger partial charge on any atom is -0.465 e. The Labute approximate surface area is 129 Å². The lowest BCUT2D eigenvalue weighted by molar-refractivity contribution is 0.398. The van der Waals surface area contributed by atoms with E-state index in [4.69, 9.17) is 4.42 Å². The van der Waals surface area contributed by atoms with Crippen LogP contribution in [0.1, 0.15) is 23.3 Å². The van der Waals surface area contributed by atoms with Gasteiger partial charge in [0.1, 0.15) is 15.7 Å². The molecule has 0 saturated heterocycles. The normalized spacial score (nSPS) is 12.2. The van der Waals surface area contributed by atoms with Gasteiger partial charge in [0.2, 0.25) is 0 Å². The molecule has 2 heterocycles. The lowest BCUT2D eigenvalue weighted by Gasteiger charge is -2.14. The van der Waals surface area contributed by atoms with Crippen molar-refractivity contribution < 1.29 is 12.8 Å². The molecular weight excluding hydrogens is 308 g/mol. The van der Waals surface area contributed by atoms with Crippen LogP contribution in [0.2, 0.25) is 0 Å². The van der Waals surface area contributed by atoms with E-state index in [0.29, 0.717) is 16.5 Å². The highest BCUT2D eigenvalue weighted by Crippen LogP contribution is 2.25. The second-order valence-corrected chi connectivity index (χ2v) is 8.21. The number of hydrogen-bond donors (Lipinski definition) is 1. The van der Waals surface area contributed by atoms with Gasteiger partial charge in [-0.05, 0) is 37.7 Å². The molecule has 2 aromatic rings. The Morgan fingerprint density at radius 3 is 2.67 bits per heavy atom. The molecule has 0 aliphatic carbocycles. The molecule has 0 saturated carbocycles. The SMILES string of the molecule is CCNCc1ccc(S(=O)(=O)N(C)Cc2ccc(C)o2)s1. The summed E-state index contributed by atoms with van der Waals surface area (Å²) in [5.41, 5.74) is 0. The molecule has 116 valence electrons. The molecule has 5 nitrogen and oxygen atoms in total. The lowest BCUT2D eigenvalue weighted by Crippen LogP contribution is -2.25. The van der Waals surface area contributed by atoms with Gasteiger partial charge >= 0.3 is 0 Å². The second kappa shape index (κ2) is 6.74. The van der Waals surface area contributed by atoms with Crippen LogP contribution in [0.3, 0.4) is 0 Å². The number of nitrogens with one attached hydrogen (secondary N) is 1. The van der Waals surface area contributed by atoms with Gasteiger partial charge in [0.05, 0.1) is 6.54 Å². The quantitative estimate of drug-likeness (QED) is 0.848. The largest absolute Gasteiger partial charge is 0.465 e. The van der Waals surface area contributed by atoms with Crippen molar-refractivity contribution in [2.24, 2.45) is 0 Å². The first-order valence-corrected chi connectivity index (χ1v) is 9.00. The number of thiophene rings is 1. The number of aryl methyl sites for hydroxylation is 1. The minimum absolute atomic E-state index is 0.233. The summed E-state index contributed by atoms with van der Waals surface area (Å²) in [6, 6.07) is 7.14. The summed E-state index contributed by atoms with van der Waals surface area (Å²) in [4.78, 5) is 1.01. The van der Waals surface area contributed by atoms with Crippen LogP contribution in [0.15, 0.2) is 32.9 Å². The number of nitrogens with zero attached hydrogens (tertiary/aromatic N) is 1. The molecule has 21 heavy (non-hydrogen) atoms. The third-order valence-corrected chi connectivity index (χ3v) is 6.38. The van der Waals surface area contributed by atoms with Crippen molar-refractivity contribution in [3.05, 3.63) is 40.7 Å². The summed E-state index contributed by atoms with van der Waals surface area (Å²) in [5, 5.41) is 3.19. The van der Waals surface area contributed by atoms with E-state index in [1.54, 1.807) is 19.2 Å². The van der Waals surface area contributed by atoms with Crippen molar-refractivity contribution in [2.75, 3.05) is 13.6 Å². The Balaban J connectivity index is 2.11. The summed E-state index contributed by atoms with van der Waals surface area (Å²) >= 11 is 1.30. The van der Waals surface area contributed by atoms with Crippen LogP contribution in [0.5, 0.6) is 0 Å². The highest BCUT2D eigenvalue weighted by atomic mass is 32.2. The van der Waals surface area contributed by atoms with E-state index in [-0.39, 0.29) is 6.54 Å². The predicted molar refractivity (Wildman–Crippen MR) is 83.8 cm³/mol. The molecule has 0 aromatic carbocycles. The molecule has 0 bridgehead atoms. The molecule has 0 aliphatic rings. The van der Waals surface area contributed by atoms with E-state index >= 15 is 0 Å². The van der Waals surface area contributed by atoms with Crippen LogP contribution in [0, 0.1) is 6.92 Å². The van der Waals surface area contributed by atoms with E-state index in [1.807, 2.05) is 26.0 Å². The second-order valence-electron chi connectivity index (χ2n) is 4.77. The lowest BCUT2D eigenvalue weighted by atomic mass is 10.4. The minimum atomic E-state index is -3.47. The van der Waals surface area contributed by atoms with Gasteiger partial charge in [0.15, 0.2) is 0 Å². The van der Waals surface area contributed by atoms with Crippen LogP contribution in [0.4, 0.5) is 0 Å². The van der Waals surface area contributed by atoms with Gasteiger partial charge in [-0.3, -0.25) is 0 Å². The number of sulfonamides is 1. The number of hydrogen-bond acceptors (Lipinski definition) is 5. The van der Waals surface area contributed by atoms with E-state index < -0.39 is 10.0 Å². The molecule has 0 atom stereocenters. The van der Waals surface area contributed by atoms with Crippen molar-refractivity contribution in [1.82, 2.24) is 9.62 Å². The molecule has 0 aliphatic heterocycles. The molecule has 0 unspecified atom stereocenters. The van der Waals surface area contributed by atoms with Crippen LogP contribution in [-0.4, -0.2) is 26.3 Å². The third kappa shape index (κ3) is 3.94. The summed E-state index contributed by atoms with van der Waals surface area (Å²) in [6.07, 6.45) is 0. The summed E-state index contributed by atoms with van der Waals surface area (Å²) < 4.78 is 32.1. The summed E-state index contributed by atoms with van der Waals surface area (Å²) in [6.45, 7) is 5.64. The Kier molecular flexibility index (Phi) is 5.21. The average Bonchev–Trinajstić information content (AvgIpc) is 3.06. The van der Waals surface area contributed by atoms with E-state index in [1.165, 1.54) is 15.6 Å². The Morgan fingerprint density at radius 2 is 2.05 bits per heavy atom. The highest BCUT2D eigenvalue weighted by Gasteiger charge is 2.23. The van der Waals surface area contributed by atoms with E-state index in [2.05, 4.69) is 5.32 Å². The van der Waals surface area contributed by atoms with Gasteiger partial charge in [-0.1, -0.05) is 6.92 Å². The fourth-order valence-electron chi connectivity index (χ4n) is 1.87. The van der Waals surface area contributed by atoms with Gasteiger partial charge in [0, 0.05) is 18.5 Å². The van der Waals surface area contributed by atoms with Crippen molar-refractivity contribution in [1.29, 1.82) is 0 Å². The molecule has 0 amide bonds.